The Balaban J connectivity index is 3.12. The molecule has 0 N–H and O–H groups in total. The van der Waals surface area contributed by atoms with Crippen LogP contribution in [0.4, 0.5) is 0 Å². The molecule has 0 unspecified atom stereocenters. The third-order valence-electron chi connectivity index (χ3n) is 2.04. The molecule has 1 aromatic heterocycles. The molecule has 0 aliphatic rings. The molecule has 0 aromatic carbocycles. The zero-order valence-electron chi connectivity index (χ0n) is 9.30. The molecule has 0 saturated carbocycles. The van der Waals surface area contributed by atoms with E-state index in [-0.39, 0.29) is 11.4 Å². The number of aromatic nitrogens is 1. The Labute approximate surface area is 109 Å². The fourth-order valence-corrected chi connectivity index (χ4v) is 3.23. The SMILES string of the molecule is CCCN(CC#N)S(=O)(=O)c1cncc(Br)c1. The van der Waals surface area contributed by atoms with Crippen molar-refractivity contribution in [2.45, 2.75) is 18.2 Å². The van der Waals surface area contributed by atoms with Crippen molar-refractivity contribution in [3.05, 3.63) is 22.9 Å². The molecule has 1 aromatic rings. The molecule has 7 heteroatoms. The normalized spacial score (nSPS) is 11.4. The molecule has 0 saturated heterocycles. The maximum Gasteiger partial charge on any atom is 0.245 e. The Kier molecular flexibility index (Phi) is 5.05. The number of hydrogen-bond acceptors (Lipinski definition) is 4. The van der Waals surface area contributed by atoms with Gasteiger partial charge in [-0.3, -0.25) is 4.98 Å². The van der Waals surface area contributed by atoms with Gasteiger partial charge in [0.05, 0.1) is 6.07 Å². The summed E-state index contributed by atoms with van der Waals surface area (Å²) in [5.74, 6) is 0. The monoisotopic (exact) mass is 317 g/mol. The molecule has 5 nitrogen and oxygen atoms in total. The summed E-state index contributed by atoms with van der Waals surface area (Å²) >= 11 is 3.17. The molecule has 0 aliphatic carbocycles. The van der Waals surface area contributed by atoms with Crippen LogP contribution in [-0.4, -0.2) is 30.8 Å². The number of rotatable bonds is 5. The first kappa shape index (κ1) is 14.1. The van der Waals surface area contributed by atoms with Crippen LogP contribution in [0.15, 0.2) is 27.8 Å². The van der Waals surface area contributed by atoms with E-state index in [1.807, 2.05) is 13.0 Å². The minimum Gasteiger partial charge on any atom is -0.262 e. The van der Waals surface area contributed by atoms with Crippen LogP contribution < -0.4 is 0 Å². The van der Waals surface area contributed by atoms with Gasteiger partial charge >= 0.3 is 0 Å². The third kappa shape index (κ3) is 3.49. The predicted molar refractivity (Wildman–Crippen MR) is 66.6 cm³/mol. The summed E-state index contributed by atoms with van der Waals surface area (Å²) in [5, 5.41) is 8.65. The van der Waals surface area contributed by atoms with Crippen molar-refractivity contribution in [3.63, 3.8) is 0 Å². The van der Waals surface area contributed by atoms with Gasteiger partial charge in [-0.1, -0.05) is 6.92 Å². The van der Waals surface area contributed by atoms with Crippen LogP contribution in [-0.2, 0) is 10.0 Å². The molecular formula is C10H12BrN3O2S. The quantitative estimate of drug-likeness (QED) is 0.776. The summed E-state index contributed by atoms with van der Waals surface area (Å²) in [7, 11) is -3.63. The lowest BCUT2D eigenvalue weighted by Crippen LogP contribution is -2.32. The molecule has 17 heavy (non-hydrogen) atoms. The zero-order chi connectivity index (χ0) is 12.9. The fraction of sp³-hybridized carbons (Fsp3) is 0.400. The van der Waals surface area contributed by atoms with Gasteiger partial charge < -0.3 is 0 Å². The first-order valence-electron chi connectivity index (χ1n) is 5.00. The molecule has 92 valence electrons. The van der Waals surface area contributed by atoms with E-state index in [4.69, 9.17) is 5.26 Å². The summed E-state index contributed by atoms with van der Waals surface area (Å²) in [6, 6.07) is 3.33. The van der Waals surface area contributed by atoms with Gasteiger partial charge in [0.25, 0.3) is 0 Å². The lowest BCUT2D eigenvalue weighted by Gasteiger charge is -2.18. The molecule has 0 fully saturated rings. The third-order valence-corrected chi connectivity index (χ3v) is 4.28. The first-order valence-corrected chi connectivity index (χ1v) is 7.23. The lowest BCUT2D eigenvalue weighted by molar-refractivity contribution is 0.444. The van der Waals surface area contributed by atoms with Crippen LogP contribution in [0, 0.1) is 11.3 Å². The minimum atomic E-state index is -3.63. The van der Waals surface area contributed by atoms with Gasteiger partial charge in [-0.2, -0.15) is 9.57 Å². The van der Waals surface area contributed by atoms with Crippen LogP contribution in [0.3, 0.4) is 0 Å². The van der Waals surface area contributed by atoms with E-state index in [9.17, 15) is 8.42 Å². The zero-order valence-corrected chi connectivity index (χ0v) is 11.7. The largest absolute Gasteiger partial charge is 0.262 e. The summed E-state index contributed by atoms with van der Waals surface area (Å²) in [6.45, 7) is 2.03. The number of hydrogen-bond donors (Lipinski definition) is 0. The number of nitrogens with zero attached hydrogens (tertiary/aromatic N) is 3. The van der Waals surface area contributed by atoms with E-state index in [2.05, 4.69) is 20.9 Å². The van der Waals surface area contributed by atoms with E-state index in [0.29, 0.717) is 17.4 Å². The van der Waals surface area contributed by atoms with Crippen molar-refractivity contribution in [1.29, 1.82) is 5.26 Å². The van der Waals surface area contributed by atoms with Gasteiger partial charge in [0.15, 0.2) is 0 Å². The second kappa shape index (κ2) is 6.10. The highest BCUT2D eigenvalue weighted by atomic mass is 79.9. The molecule has 1 rings (SSSR count). The van der Waals surface area contributed by atoms with Crippen molar-refractivity contribution < 1.29 is 8.42 Å². The molecule has 0 amide bonds. The van der Waals surface area contributed by atoms with Gasteiger partial charge in [0.2, 0.25) is 10.0 Å². The van der Waals surface area contributed by atoms with E-state index < -0.39 is 10.0 Å². The van der Waals surface area contributed by atoms with Crippen LogP contribution in [0.2, 0.25) is 0 Å². The fourth-order valence-electron chi connectivity index (χ4n) is 1.29. The highest BCUT2D eigenvalue weighted by molar-refractivity contribution is 9.10. The van der Waals surface area contributed by atoms with Crippen molar-refractivity contribution in [2.24, 2.45) is 0 Å². The number of halogens is 1. The van der Waals surface area contributed by atoms with Gasteiger partial charge in [-0.05, 0) is 28.4 Å². The van der Waals surface area contributed by atoms with Crippen LogP contribution in [0.25, 0.3) is 0 Å². The highest BCUT2D eigenvalue weighted by Crippen LogP contribution is 2.18. The van der Waals surface area contributed by atoms with Crippen molar-refractivity contribution in [3.8, 4) is 6.07 Å². The van der Waals surface area contributed by atoms with Crippen molar-refractivity contribution in [1.82, 2.24) is 9.29 Å². The predicted octanol–water partition coefficient (Wildman–Crippen LogP) is 1.77. The number of nitriles is 1. The second-order valence-electron chi connectivity index (χ2n) is 3.34. The van der Waals surface area contributed by atoms with Gasteiger partial charge in [0.1, 0.15) is 11.4 Å². The molecule has 1 heterocycles. The Morgan fingerprint density at radius 2 is 2.24 bits per heavy atom. The number of sulfonamides is 1. The summed E-state index contributed by atoms with van der Waals surface area (Å²) in [4.78, 5) is 3.91. The lowest BCUT2D eigenvalue weighted by atomic mass is 10.5. The summed E-state index contributed by atoms with van der Waals surface area (Å²) in [5.41, 5.74) is 0. The summed E-state index contributed by atoms with van der Waals surface area (Å²) in [6.07, 6.45) is 3.44. The average Bonchev–Trinajstić information content (AvgIpc) is 2.29. The van der Waals surface area contributed by atoms with Gasteiger partial charge in [-0.15, -0.1) is 0 Å². The Morgan fingerprint density at radius 3 is 2.76 bits per heavy atom. The second-order valence-corrected chi connectivity index (χ2v) is 6.19. The van der Waals surface area contributed by atoms with E-state index in [1.165, 1.54) is 18.5 Å². The van der Waals surface area contributed by atoms with Crippen LogP contribution in [0.1, 0.15) is 13.3 Å². The smallest absolute Gasteiger partial charge is 0.245 e. The maximum atomic E-state index is 12.2. The Hall–Kier alpha value is -0.970. The van der Waals surface area contributed by atoms with E-state index >= 15 is 0 Å². The highest BCUT2D eigenvalue weighted by Gasteiger charge is 2.23. The van der Waals surface area contributed by atoms with Crippen molar-refractivity contribution >= 4 is 26.0 Å². The molecule has 0 aliphatic heterocycles. The Morgan fingerprint density at radius 1 is 1.53 bits per heavy atom. The molecule has 0 spiro atoms. The Bertz CT molecular complexity index is 525. The van der Waals surface area contributed by atoms with E-state index in [1.54, 1.807) is 0 Å². The van der Waals surface area contributed by atoms with Gasteiger partial charge in [-0.25, -0.2) is 8.42 Å². The maximum absolute atomic E-state index is 12.2. The van der Waals surface area contributed by atoms with Crippen LogP contribution >= 0.6 is 15.9 Å². The molecule has 0 radical (unpaired) electrons. The standard InChI is InChI=1S/C10H12BrN3O2S/c1-2-4-14(5-3-12)17(15,16)10-6-9(11)7-13-8-10/h6-8H,2,4-5H2,1H3. The number of pyridine rings is 1. The minimum absolute atomic E-state index is 0.0931. The topological polar surface area (TPSA) is 74.1 Å². The molecule has 0 atom stereocenters. The van der Waals surface area contributed by atoms with Crippen molar-refractivity contribution in [2.75, 3.05) is 13.1 Å². The molecule has 0 bridgehead atoms. The first-order chi connectivity index (χ1) is 8.02. The van der Waals surface area contributed by atoms with E-state index in [0.717, 1.165) is 4.31 Å². The average molecular weight is 318 g/mol. The van der Waals surface area contributed by atoms with Crippen LogP contribution in [0.5, 0.6) is 0 Å². The van der Waals surface area contributed by atoms with Gasteiger partial charge in [0, 0.05) is 23.4 Å². The molecular weight excluding hydrogens is 306 g/mol. The summed E-state index contributed by atoms with van der Waals surface area (Å²) < 4.78 is 26.1.